The smallest absolute Gasteiger partial charge is 0.337 e. The first-order chi connectivity index (χ1) is 10.7. The summed E-state index contributed by atoms with van der Waals surface area (Å²) in [5.41, 5.74) is 2.85. The number of benzene rings is 1. The summed E-state index contributed by atoms with van der Waals surface area (Å²) < 4.78 is 4.77. The fourth-order valence-corrected chi connectivity index (χ4v) is 3.73. The summed E-state index contributed by atoms with van der Waals surface area (Å²) in [6, 6.07) is 5.68. The van der Waals surface area contributed by atoms with Gasteiger partial charge in [0.2, 0.25) is 5.91 Å². The fourth-order valence-electron chi connectivity index (χ4n) is 3.73. The lowest BCUT2D eigenvalue weighted by Crippen LogP contribution is -2.28. The van der Waals surface area contributed by atoms with Crippen molar-refractivity contribution in [3.63, 3.8) is 0 Å². The number of hydrogen-bond acceptors (Lipinski definition) is 3. The van der Waals surface area contributed by atoms with Crippen molar-refractivity contribution >= 4 is 11.9 Å². The van der Waals surface area contributed by atoms with E-state index in [0.29, 0.717) is 17.9 Å². The molecule has 0 saturated heterocycles. The second-order valence-corrected chi connectivity index (χ2v) is 6.42. The Morgan fingerprint density at radius 3 is 2.73 bits per heavy atom. The molecule has 2 aliphatic carbocycles. The Hall–Kier alpha value is -1.84. The van der Waals surface area contributed by atoms with E-state index in [0.717, 1.165) is 18.4 Å². The first-order valence-corrected chi connectivity index (χ1v) is 8.18. The second-order valence-electron chi connectivity index (χ2n) is 6.42. The highest BCUT2D eigenvalue weighted by atomic mass is 16.5. The molecule has 1 aromatic carbocycles. The minimum absolute atomic E-state index is 0.0357. The lowest BCUT2D eigenvalue weighted by atomic mass is 10.0. The number of hydrogen-bond donors (Lipinski definition) is 1. The third kappa shape index (κ3) is 3.16. The fraction of sp³-hybridized carbons (Fsp3) is 0.556. The number of esters is 1. The van der Waals surface area contributed by atoms with Crippen molar-refractivity contribution in [1.29, 1.82) is 0 Å². The number of nitrogens with one attached hydrogen (secondary N) is 1. The van der Waals surface area contributed by atoms with Gasteiger partial charge < -0.3 is 10.1 Å². The van der Waals surface area contributed by atoms with Crippen LogP contribution in [0.5, 0.6) is 0 Å². The molecule has 0 spiro atoms. The first kappa shape index (κ1) is 15.1. The third-order valence-electron chi connectivity index (χ3n) is 4.93. The van der Waals surface area contributed by atoms with Crippen molar-refractivity contribution in [2.75, 3.05) is 7.11 Å². The normalized spacial score (nSPS) is 20.7. The number of methoxy groups -OCH3 is 1. The Kier molecular flexibility index (Phi) is 4.46. The summed E-state index contributed by atoms with van der Waals surface area (Å²) in [6.45, 7) is 0. The Bertz CT molecular complexity index is 576. The summed E-state index contributed by atoms with van der Waals surface area (Å²) >= 11 is 0. The van der Waals surface area contributed by atoms with Crippen LogP contribution in [0.3, 0.4) is 0 Å². The molecule has 1 aromatic rings. The van der Waals surface area contributed by atoms with Crippen LogP contribution < -0.4 is 5.32 Å². The van der Waals surface area contributed by atoms with Crippen LogP contribution in [-0.2, 0) is 16.0 Å². The molecule has 0 bridgehead atoms. The van der Waals surface area contributed by atoms with Gasteiger partial charge in [-0.3, -0.25) is 4.79 Å². The maximum Gasteiger partial charge on any atom is 0.337 e. The van der Waals surface area contributed by atoms with E-state index in [1.165, 1.54) is 38.4 Å². The number of aryl methyl sites for hydroxylation is 1. The molecular weight excluding hydrogens is 278 g/mol. The van der Waals surface area contributed by atoms with Gasteiger partial charge in [0.1, 0.15) is 0 Å². The molecule has 1 atom stereocenters. The van der Waals surface area contributed by atoms with Gasteiger partial charge in [0.15, 0.2) is 0 Å². The van der Waals surface area contributed by atoms with E-state index in [9.17, 15) is 9.59 Å². The molecule has 0 aliphatic heterocycles. The predicted molar refractivity (Wildman–Crippen MR) is 83.6 cm³/mol. The Morgan fingerprint density at radius 1 is 1.23 bits per heavy atom. The maximum absolute atomic E-state index is 12.2. The van der Waals surface area contributed by atoms with Gasteiger partial charge in [-0.1, -0.05) is 18.9 Å². The summed E-state index contributed by atoms with van der Waals surface area (Å²) in [5, 5.41) is 3.16. The maximum atomic E-state index is 12.2. The standard InChI is InChI=1S/C18H23NO3/c1-22-18(21)14-7-6-13-8-9-16(15(13)11-14)19-17(20)10-12-4-2-3-5-12/h6-7,11-12,16H,2-5,8-10H2,1H3,(H,19,20). The number of rotatable bonds is 4. The van der Waals surface area contributed by atoms with Crippen molar-refractivity contribution in [2.24, 2.45) is 5.92 Å². The highest BCUT2D eigenvalue weighted by molar-refractivity contribution is 5.89. The minimum Gasteiger partial charge on any atom is -0.465 e. The van der Waals surface area contributed by atoms with Gasteiger partial charge in [0, 0.05) is 6.42 Å². The number of ether oxygens (including phenoxy) is 1. The highest BCUT2D eigenvalue weighted by Crippen LogP contribution is 2.33. The van der Waals surface area contributed by atoms with Gasteiger partial charge >= 0.3 is 5.97 Å². The Balaban J connectivity index is 1.67. The van der Waals surface area contributed by atoms with E-state index in [2.05, 4.69) is 5.32 Å². The first-order valence-electron chi connectivity index (χ1n) is 8.18. The second kappa shape index (κ2) is 6.51. The summed E-state index contributed by atoms with van der Waals surface area (Å²) in [4.78, 5) is 23.9. The van der Waals surface area contributed by atoms with E-state index in [1.807, 2.05) is 12.1 Å². The largest absolute Gasteiger partial charge is 0.465 e. The average Bonchev–Trinajstić information content (AvgIpc) is 3.16. The highest BCUT2D eigenvalue weighted by Gasteiger charge is 2.26. The van der Waals surface area contributed by atoms with E-state index >= 15 is 0 Å². The summed E-state index contributed by atoms with van der Waals surface area (Å²) in [7, 11) is 1.39. The Labute approximate surface area is 131 Å². The van der Waals surface area contributed by atoms with E-state index < -0.39 is 0 Å². The van der Waals surface area contributed by atoms with Gasteiger partial charge in [0.05, 0.1) is 18.7 Å². The lowest BCUT2D eigenvalue weighted by molar-refractivity contribution is -0.122. The number of amides is 1. The number of fused-ring (bicyclic) bond motifs is 1. The zero-order valence-electron chi connectivity index (χ0n) is 13.1. The topological polar surface area (TPSA) is 55.4 Å². The van der Waals surface area contributed by atoms with Gasteiger partial charge in [-0.15, -0.1) is 0 Å². The van der Waals surface area contributed by atoms with Crippen molar-refractivity contribution in [1.82, 2.24) is 5.32 Å². The number of carbonyl (C=O) groups is 2. The molecule has 1 fully saturated rings. The van der Waals surface area contributed by atoms with Crippen LogP contribution in [0.2, 0.25) is 0 Å². The zero-order valence-corrected chi connectivity index (χ0v) is 13.1. The molecular formula is C18H23NO3. The van der Waals surface area contributed by atoms with Crippen molar-refractivity contribution in [3.05, 3.63) is 34.9 Å². The van der Waals surface area contributed by atoms with Gasteiger partial charge in [-0.2, -0.15) is 0 Å². The summed E-state index contributed by atoms with van der Waals surface area (Å²) in [6.07, 6.45) is 7.38. The SMILES string of the molecule is COC(=O)c1ccc2c(c1)C(NC(=O)CC1CCCC1)CC2. The van der Waals surface area contributed by atoms with Gasteiger partial charge in [-0.25, -0.2) is 4.79 Å². The van der Waals surface area contributed by atoms with Crippen LogP contribution in [0.25, 0.3) is 0 Å². The van der Waals surface area contributed by atoms with Crippen LogP contribution >= 0.6 is 0 Å². The molecule has 118 valence electrons. The zero-order chi connectivity index (χ0) is 15.5. The minimum atomic E-state index is -0.328. The Morgan fingerprint density at radius 2 is 2.00 bits per heavy atom. The van der Waals surface area contributed by atoms with Crippen molar-refractivity contribution in [2.45, 2.75) is 51.0 Å². The number of carbonyl (C=O) groups excluding carboxylic acids is 2. The van der Waals surface area contributed by atoms with Crippen LogP contribution in [0.1, 0.15) is 66.1 Å². The molecule has 1 unspecified atom stereocenters. The quantitative estimate of drug-likeness (QED) is 0.869. The van der Waals surface area contributed by atoms with Crippen LogP contribution in [0, 0.1) is 5.92 Å². The van der Waals surface area contributed by atoms with Crippen molar-refractivity contribution < 1.29 is 14.3 Å². The van der Waals surface area contributed by atoms with Crippen molar-refractivity contribution in [3.8, 4) is 0 Å². The molecule has 4 heteroatoms. The molecule has 0 radical (unpaired) electrons. The lowest BCUT2D eigenvalue weighted by Gasteiger charge is -2.16. The average molecular weight is 301 g/mol. The molecule has 0 heterocycles. The van der Waals surface area contributed by atoms with Crippen LogP contribution in [0.4, 0.5) is 0 Å². The molecule has 1 amide bonds. The molecule has 1 N–H and O–H groups in total. The van der Waals surface area contributed by atoms with Crippen LogP contribution in [-0.4, -0.2) is 19.0 Å². The van der Waals surface area contributed by atoms with E-state index in [1.54, 1.807) is 6.07 Å². The van der Waals surface area contributed by atoms with Crippen LogP contribution in [0.15, 0.2) is 18.2 Å². The van der Waals surface area contributed by atoms with Gasteiger partial charge in [-0.05, 0) is 54.9 Å². The van der Waals surface area contributed by atoms with E-state index in [-0.39, 0.29) is 17.9 Å². The molecule has 3 rings (SSSR count). The molecule has 2 aliphatic rings. The summed E-state index contributed by atoms with van der Waals surface area (Å²) in [5.74, 6) is 0.376. The molecule has 4 nitrogen and oxygen atoms in total. The molecule has 0 aromatic heterocycles. The van der Waals surface area contributed by atoms with Gasteiger partial charge in [0.25, 0.3) is 0 Å². The monoisotopic (exact) mass is 301 g/mol. The molecule has 1 saturated carbocycles. The van der Waals surface area contributed by atoms with E-state index in [4.69, 9.17) is 4.74 Å². The molecule has 22 heavy (non-hydrogen) atoms. The predicted octanol–water partition coefficient (Wildman–Crippen LogP) is 3.16. The third-order valence-corrected chi connectivity index (χ3v) is 4.93.